The standard InChI is InChI=1S/C13H19ClN2O2/c1-5-13(2,3)15(4)9-10-6-7-11(14)12(8-10)16(17)18/h6-8H,5,9H2,1-4H3. The summed E-state index contributed by atoms with van der Waals surface area (Å²) in [5, 5.41) is 11.0. The average Bonchev–Trinajstić information content (AvgIpc) is 2.31. The molecule has 0 aromatic heterocycles. The third-order valence-corrected chi connectivity index (χ3v) is 3.85. The normalized spacial score (nSPS) is 11.9. The maximum absolute atomic E-state index is 10.8. The Morgan fingerprint density at radius 2 is 2.06 bits per heavy atom. The first-order valence-electron chi connectivity index (χ1n) is 5.92. The lowest BCUT2D eigenvalue weighted by atomic mass is 9.99. The molecule has 0 spiro atoms. The van der Waals surface area contributed by atoms with Crippen LogP contribution in [-0.4, -0.2) is 22.4 Å². The van der Waals surface area contributed by atoms with Crippen molar-refractivity contribution in [2.45, 2.75) is 39.3 Å². The van der Waals surface area contributed by atoms with Gasteiger partial charge in [0.05, 0.1) is 4.92 Å². The number of benzene rings is 1. The Morgan fingerprint density at radius 1 is 1.44 bits per heavy atom. The van der Waals surface area contributed by atoms with Crippen molar-refractivity contribution >= 4 is 17.3 Å². The molecule has 0 atom stereocenters. The van der Waals surface area contributed by atoms with Gasteiger partial charge in [-0.05, 0) is 38.9 Å². The van der Waals surface area contributed by atoms with Crippen LogP contribution in [0.4, 0.5) is 5.69 Å². The summed E-state index contributed by atoms with van der Waals surface area (Å²) >= 11 is 5.79. The number of nitro groups is 1. The minimum atomic E-state index is -0.448. The van der Waals surface area contributed by atoms with E-state index in [9.17, 15) is 10.1 Å². The van der Waals surface area contributed by atoms with Crippen LogP contribution in [0.1, 0.15) is 32.8 Å². The molecule has 1 aromatic carbocycles. The number of hydrogen-bond donors (Lipinski definition) is 0. The summed E-state index contributed by atoms with van der Waals surface area (Å²) in [7, 11) is 2.02. The second kappa shape index (κ2) is 5.67. The zero-order valence-electron chi connectivity index (χ0n) is 11.2. The predicted molar refractivity (Wildman–Crippen MR) is 73.9 cm³/mol. The van der Waals surface area contributed by atoms with Crippen molar-refractivity contribution in [3.05, 3.63) is 38.9 Å². The maximum atomic E-state index is 10.8. The fraction of sp³-hybridized carbons (Fsp3) is 0.538. The summed E-state index contributed by atoms with van der Waals surface area (Å²) in [6.45, 7) is 7.09. The van der Waals surface area contributed by atoms with Gasteiger partial charge in [0.1, 0.15) is 5.02 Å². The lowest BCUT2D eigenvalue weighted by Gasteiger charge is -2.34. The highest BCUT2D eigenvalue weighted by Gasteiger charge is 2.22. The first-order valence-corrected chi connectivity index (χ1v) is 6.29. The van der Waals surface area contributed by atoms with Crippen molar-refractivity contribution in [3.8, 4) is 0 Å². The Balaban J connectivity index is 2.93. The van der Waals surface area contributed by atoms with Gasteiger partial charge in [-0.1, -0.05) is 24.6 Å². The summed E-state index contributed by atoms with van der Waals surface area (Å²) in [5.74, 6) is 0. The molecule has 5 heteroatoms. The van der Waals surface area contributed by atoms with Crippen LogP contribution < -0.4 is 0 Å². The van der Waals surface area contributed by atoms with Gasteiger partial charge in [-0.25, -0.2) is 0 Å². The molecule has 0 amide bonds. The molecule has 18 heavy (non-hydrogen) atoms. The Labute approximate surface area is 113 Å². The van der Waals surface area contributed by atoms with E-state index in [-0.39, 0.29) is 16.2 Å². The molecule has 0 aliphatic heterocycles. The summed E-state index contributed by atoms with van der Waals surface area (Å²) in [5.41, 5.74) is 0.931. The molecule has 0 N–H and O–H groups in total. The van der Waals surface area contributed by atoms with Crippen molar-refractivity contribution in [1.29, 1.82) is 0 Å². The third kappa shape index (κ3) is 3.43. The van der Waals surface area contributed by atoms with Gasteiger partial charge in [-0.2, -0.15) is 0 Å². The first-order chi connectivity index (χ1) is 8.27. The molecular formula is C13H19ClN2O2. The van der Waals surface area contributed by atoms with E-state index in [2.05, 4.69) is 25.7 Å². The van der Waals surface area contributed by atoms with Gasteiger partial charge in [0, 0.05) is 18.2 Å². The van der Waals surface area contributed by atoms with Crippen LogP contribution in [0.3, 0.4) is 0 Å². The minimum absolute atomic E-state index is 0.0307. The Kier molecular flexibility index (Phi) is 4.71. The van der Waals surface area contributed by atoms with Gasteiger partial charge < -0.3 is 0 Å². The van der Waals surface area contributed by atoms with Crippen LogP contribution in [0, 0.1) is 10.1 Å². The molecule has 0 fully saturated rings. The van der Waals surface area contributed by atoms with Gasteiger partial charge in [0.2, 0.25) is 0 Å². The Morgan fingerprint density at radius 3 is 2.56 bits per heavy atom. The average molecular weight is 271 g/mol. The highest BCUT2D eigenvalue weighted by molar-refractivity contribution is 6.32. The molecule has 1 rings (SSSR count). The lowest BCUT2D eigenvalue weighted by Crippen LogP contribution is -2.39. The van der Waals surface area contributed by atoms with Gasteiger partial charge >= 0.3 is 0 Å². The fourth-order valence-corrected chi connectivity index (χ4v) is 1.74. The van der Waals surface area contributed by atoms with E-state index < -0.39 is 4.92 Å². The van der Waals surface area contributed by atoms with E-state index >= 15 is 0 Å². The SMILES string of the molecule is CCC(C)(C)N(C)Cc1ccc(Cl)c([N+](=O)[O-])c1. The molecule has 0 heterocycles. The van der Waals surface area contributed by atoms with Crippen LogP contribution in [0.25, 0.3) is 0 Å². The van der Waals surface area contributed by atoms with Crippen LogP contribution in [0.15, 0.2) is 18.2 Å². The number of nitro benzene ring substituents is 1. The number of halogens is 1. The van der Waals surface area contributed by atoms with E-state index in [0.29, 0.717) is 6.54 Å². The molecular weight excluding hydrogens is 252 g/mol. The predicted octanol–water partition coefficient (Wildman–Crippen LogP) is 3.87. The van der Waals surface area contributed by atoms with E-state index in [1.807, 2.05) is 13.1 Å². The van der Waals surface area contributed by atoms with Gasteiger partial charge in [0.25, 0.3) is 5.69 Å². The first kappa shape index (κ1) is 14.9. The number of nitrogens with zero attached hydrogens (tertiary/aromatic N) is 2. The molecule has 100 valence electrons. The summed E-state index contributed by atoms with van der Waals surface area (Å²) in [6, 6.07) is 4.96. The monoisotopic (exact) mass is 270 g/mol. The van der Waals surface area contributed by atoms with E-state index in [0.717, 1.165) is 12.0 Å². The van der Waals surface area contributed by atoms with E-state index in [1.54, 1.807) is 12.1 Å². The largest absolute Gasteiger partial charge is 0.297 e. The molecule has 0 saturated carbocycles. The maximum Gasteiger partial charge on any atom is 0.288 e. The summed E-state index contributed by atoms with van der Waals surface area (Å²) in [4.78, 5) is 12.6. The van der Waals surface area contributed by atoms with Crippen molar-refractivity contribution in [3.63, 3.8) is 0 Å². The zero-order chi connectivity index (χ0) is 13.9. The van der Waals surface area contributed by atoms with Crippen LogP contribution in [-0.2, 0) is 6.54 Å². The van der Waals surface area contributed by atoms with Gasteiger partial charge in [-0.15, -0.1) is 0 Å². The number of rotatable bonds is 5. The van der Waals surface area contributed by atoms with Gasteiger partial charge in [0.15, 0.2) is 0 Å². The fourth-order valence-electron chi connectivity index (χ4n) is 1.55. The molecule has 0 radical (unpaired) electrons. The molecule has 4 nitrogen and oxygen atoms in total. The quantitative estimate of drug-likeness (QED) is 0.603. The topological polar surface area (TPSA) is 46.4 Å². The van der Waals surface area contributed by atoms with E-state index in [4.69, 9.17) is 11.6 Å². The zero-order valence-corrected chi connectivity index (χ0v) is 12.0. The second-order valence-corrected chi connectivity index (χ2v) is 5.47. The molecule has 0 aliphatic rings. The van der Waals surface area contributed by atoms with Gasteiger partial charge in [-0.3, -0.25) is 15.0 Å². The van der Waals surface area contributed by atoms with Crippen molar-refractivity contribution < 1.29 is 4.92 Å². The summed E-state index contributed by atoms with van der Waals surface area (Å²) in [6.07, 6.45) is 1.01. The lowest BCUT2D eigenvalue weighted by molar-refractivity contribution is -0.384. The Hall–Kier alpha value is -1.13. The van der Waals surface area contributed by atoms with Crippen molar-refractivity contribution in [1.82, 2.24) is 4.90 Å². The van der Waals surface area contributed by atoms with Crippen molar-refractivity contribution in [2.75, 3.05) is 7.05 Å². The highest BCUT2D eigenvalue weighted by atomic mass is 35.5. The molecule has 0 aliphatic carbocycles. The van der Waals surface area contributed by atoms with Crippen LogP contribution >= 0.6 is 11.6 Å². The number of hydrogen-bond acceptors (Lipinski definition) is 3. The van der Waals surface area contributed by atoms with Crippen LogP contribution in [0.2, 0.25) is 5.02 Å². The third-order valence-electron chi connectivity index (χ3n) is 3.53. The van der Waals surface area contributed by atoms with Crippen molar-refractivity contribution in [2.24, 2.45) is 0 Å². The molecule has 0 saturated heterocycles. The highest BCUT2D eigenvalue weighted by Crippen LogP contribution is 2.27. The smallest absolute Gasteiger partial charge is 0.288 e. The molecule has 0 unspecified atom stereocenters. The minimum Gasteiger partial charge on any atom is -0.297 e. The summed E-state index contributed by atoms with van der Waals surface area (Å²) < 4.78 is 0. The second-order valence-electron chi connectivity index (χ2n) is 5.06. The molecule has 1 aromatic rings. The molecule has 0 bridgehead atoms. The Bertz CT molecular complexity index is 447. The van der Waals surface area contributed by atoms with Crippen LogP contribution in [0.5, 0.6) is 0 Å². The van der Waals surface area contributed by atoms with E-state index in [1.165, 1.54) is 0 Å².